The molecule has 0 N–H and O–H groups in total. The molecule has 102 valence electrons. The van der Waals surface area contributed by atoms with Crippen LogP contribution < -0.4 is 0 Å². The Morgan fingerprint density at radius 2 is 2.00 bits per heavy atom. The Kier molecular flexibility index (Phi) is 3.61. The minimum atomic E-state index is -3.66. The second kappa shape index (κ2) is 4.91. The molecular weight excluding hydrogens is 267 g/mol. The van der Waals surface area contributed by atoms with Gasteiger partial charge in [0.1, 0.15) is 5.82 Å². The lowest BCUT2D eigenvalue weighted by Crippen LogP contribution is -2.41. The maximum atomic E-state index is 13.1. The Labute approximate surface area is 112 Å². The summed E-state index contributed by atoms with van der Waals surface area (Å²) in [5, 5.41) is 9.03. The molecule has 0 amide bonds. The van der Waals surface area contributed by atoms with Crippen molar-refractivity contribution in [2.75, 3.05) is 13.1 Å². The van der Waals surface area contributed by atoms with Gasteiger partial charge in [-0.3, -0.25) is 0 Å². The van der Waals surface area contributed by atoms with Crippen LogP contribution in [0.1, 0.15) is 19.8 Å². The van der Waals surface area contributed by atoms with Gasteiger partial charge in [0.25, 0.3) is 0 Å². The van der Waals surface area contributed by atoms with Crippen molar-refractivity contribution in [1.29, 1.82) is 5.26 Å². The fourth-order valence-corrected chi connectivity index (χ4v) is 3.58. The zero-order chi connectivity index (χ0) is 14.1. The quantitative estimate of drug-likeness (QED) is 0.835. The molecule has 0 bridgehead atoms. The second-order valence-electron chi connectivity index (χ2n) is 5.03. The number of halogens is 1. The topological polar surface area (TPSA) is 61.2 Å². The molecule has 0 aromatic heterocycles. The van der Waals surface area contributed by atoms with Crippen LogP contribution in [0.25, 0.3) is 0 Å². The van der Waals surface area contributed by atoms with Crippen LogP contribution in [-0.4, -0.2) is 25.8 Å². The summed E-state index contributed by atoms with van der Waals surface area (Å²) in [5.74, 6) is -0.569. The molecule has 1 heterocycles. The lowest BCUT2D eigenvalue weighted by atomic mass is 9.83. The molecule has 1 aliphatic rings. The first-order valence-electron chi connectivity index (χ1n) is 6.04. The number of benzene rings is 1. The number of sulfonamides is 1. The molecule has 0 saturated carbocycles. The van der Waals surface area contributed by atoms with Crippen molar-refractivity contribution in [2.45, 2.75) is 24.7 Å². The van der Waals surface area contributed by atoms with Gasteiger partial charge in [0.05, 0.1) is 16.4 Å². The molecule has 0 radical (unpaired) electrons. The third kappa shape index (κ3) is 2.77. The van der Waals surface area contributed by atoms with Gasteiger partial charge in [0, 0.05) is 13.1 Å². The zero-order valence-electron chi connectivity index (χ0n) is 10.6. The van der Waals surface area contributed by atoms with Crippen LogP contribution in [0.3, 0.4) is 0 Å². The van der Waals surface area contributed by atoms with Crippen molar-refractivity contribution in [3.63, 3.8) is 0 Å². The predicted octanol–water partition coefficient (Wildman–Crippen LogP) is 2.14. The SMILES string of the molecule is CC1(C#N)CCN(S(=O)(=O)c2cccc(F)c2)CC1. The number of nitriles is 1. The maximum absolute atomic E-state index is 13.1. The minimum absolute atomic E-state index is 0.0342. The van der Waals surface area contributed by atoms with E-state index in [9.17, 15) is 12.8 Å². The summed E-state index contributed by atoms with van der Waals surface area (Å²) in [6, 6.07) is 7.22. The van der Waals surface area contributed by atoms with Crippen molar-refractivity contribution >= 4 is 10.0 Å². The van der Waals surface area contributed by atoms with Crippen LogP contribution in [0.15, 0.2) is 29.2 Å². The molecule has 0 atom stereocenters. The van der Waals surface area contributed by atoms with Crippen LogP contribution in [0, 0.1) is 22.6 Å². The Balaban J connectivity index is 2.22. The number of rotatable bonds is 2. The molecule has 1 aromatic carbocycles. The van der Waals surface area contributed by atoms with Gasteiger partial charge >= 0.3 is 0 Å². The van der Waals surface area contributed by atoms with E-state index in [4.69, 9.17) is 5.26 Å². The normalized spacial score (nSPS) is 19.8. The average Bonchev–Trinajstić information content (AvgIpc) is 2.39. The Bertz CT molecular complexity index is 614. The van der Waals surface area contributed by atoms with E-state index in [1.165, 1.54) is 22.5 Å². The van der Waals surface area contributed by atoms with Crippen LogP contribution in [-0.2, 0) is 10.0 Å². The highest BCUT2D eigenvalue weighted by molar-refractivity contribution is 7.89. The third-order valence-electron chi connectivity index (χ3n) is 3.53. The Morgan fingerprint density at radius 3 is 2.53 bits per heavy atom. The number of hydrogen-bond donors (Lipinski definition) is 0. The first-order valence-corrected chi connectivity index (χ1v) is 7.48. The summed E-state index contributed by atoms with van der Waals surface area (Å²) in [5.41, 5.74) is -0.464. The van der Waals surface area contributed by atoms with E-state index < -0.39 is 21.3 Å². The number of piperidine rings is 1. The van der Waals surface area contributed by atoms with Gasteiger partial charge in [-0.25, -0.2) is 12.8 Å². The van der Waals surface area contributed by atoms with E-state index in [1.54, 1.807) is 0 Å². The first kappa shape index (κ1) is 14.0. The van der Waals surface area contributed by atoms with Crippen molar-refractivity contribution in [3.05, 3.63) is 30.1 Å². The average molecular weight is 282 g/mol. The summed E-state index contributed by atoms with van der Waals surface area (Å²) < 4.78 is 39.1. The highest BCUT2D eigenvalue weighted by atomic mass is 32.2. The largest absolute Gasteiger partial charge is 0.243 e. The summed E-state index contributed by atoms with van der Waals surface area (Å²) in [4.78, 5) is -0.0342. The zero-order valence-corrected chi connectivity index (χ0v) is 11.5. The second-order valence-corrected chi connectivity index (χ2v) is 6.97. The summed E-state index contributed by atoms with van der Waals surface area (Å²) in [6.07, 6.45) is 0.996. The monoisotopic (exact) mass is 282 g/mol. The summed E-state index contributed by atoms with van der Waals surface area (Å²) in [6.45, 7) is 2.42. The van der Waals surface area contributed by atoms with Gasteiger partial charge in [-0.2, -0.15) is 9.57 Å². The Hall–Kier alpha value is -1.45. The van der Waals surface area contributed by atoms with E-state index in [0.717, 1.165) is 6.07 Å². The summed E-state index contributed by atoms with van der Waals surface area (Å²) >= 11 is 0. The van der Waals surface area contributed by atoms with Gasteiger partial charge in [-0.05, 0) is 38.0 Å². The molecule has 4 nitrogen and oxygen atoms in total. The number of hydrogen-bond acceptors (Lipinski definition) is 3. The van der Waals surface area contributed by atoms with Crippen LogP contribution in [0.5, 0.6) is 0 Å². The molecule has 1 aliphatic heterocycles. The molecule has 19 heavy (non-hydrogen) atoms. The fourth-order valence-electron chi connectivity index (χ4n) is 2.11. The minimum Gasteiger partial charge on any atom is -0.207 e. The Morgan fingerprint density at radius 1 is 1.37 bits per heavy atom. The van der Waals surface area contributed by atoms with Crippen molar-refractivity contribution in [1.82, 2.24) is 4.31 Å². The van der Waals surface area contributed by atoms with Crippen LogP contribution in [0.2, 0.25) is 0 Å². The number of nitrogens with zero attached hydrogens (tertiary/aromatic N) is 2. The van der Waals surface area contributed by atoms with Crippen molar-refractivity contribution in [3.8, 4) is 6.07 Å². The highest BCUT2D eigenvalue weighted by Crippen LogP contribution is 2.32. The lowest BCUT2D eigenvalue weighted by molar-refractivity contribution is 0.232. The van der Waals surface area contributed by atoms with Gasteiger partial charge in [-0.15, -0.1) is 0 Å². The molecule has 0 spiro atoms. The smallest absolute Gasteiger partial charge is 0.207 e. The third-order valence-corrected chi connectivity index (χ3v) is 5.42. The maximum Gasteiger partial charge on any atom is 0.243 e. The predicted molar refractivity (Wildman–Crippen MR) is 68.1 cm³/mol. The van der Waals surface area contributed by atoms with E-state index in [2.05, 4.69) is 6.07 Å². The van der Waals surface area contributed by atoms with Crippen molar-refractivity contribution in [2.24, 2.45) is 5.41 Å². The van der Waals surface area contributed by atoms with Crippen LogP contribution >= 0.6 is 0 Å². The molecule has 0 unspecified atom stereocenters. The molecule has 2 rings (SSSR count). The summed E-state index contributed by atoms with van der Waals surface area (Å²) in [7, 11) is -3.66. The molecule has 6 heteroatoms. The molecule has 1 saturated heterocycles. The van der Waals surface area contributed by atoms with Crippen LogP contribution in [0.4, 0.5) is 4.39 Å². The molecule has 0 aliphatic carbocycles. The fraction of sp³-hybridized carbons (Fsp3) is 0.462. The van der Waals surface area contributed by atoms with Gasteiger partial charge in [-0.1, -0.05) is 6.07 Å². The first-order chi connectivity index (χ1) is 8.87. The van der Waals surface area contributed by atoms with Crippen molar-refractivity contribution < 1.29 is 12.8 Å². The standard InChI is InChI=1S/C13H15FN2O2S/c1-13(10-15)5-7-16(8-6-13)19(17,18)12-4-2-3-11(14)9-12/h2-4,9H,5-8H2,1H3. The molecular formula is C13H15FN2O2S. The van der Waals surface area contributed by atoms with Gasteiger partial charge in [0.15, 0.2) is 0 Å². The van der Waals surface area contributed by atoms with E-state index in [-0.39, 0.29) is 4.90 Å². The van der Waals surface area contributed by atoms with E-state index >= 15 is 0 Å². The molecule has 1 aromatic rings. The molecule has 1 fully saturated rings. The van der Waals surface area contributed by atoms with Gasteiger partial charge < -0.3 is 0 Å². The van der Waals surface area contributed by atoms with Gasteiger partial charge in [0.2, 0.25) is 10.0 Å². The van der Waals surface area contributed by atoms with E-state index in [0.29, 0.717) is 25.9 Å². The van der Waals surface area contributed by atoms with E-state index in [1.807, 2.05) is 6.92 Å². The lowest BCUT2D eigenvalue weighted by Gasteiger charge is -2.34. The highest BCUT2D eigenvalue weighted by Gasteiger charge is 2.35.